The highest BCUT2D eigenvalue weighted by Gasteiger charge is 2.31. The van der Waals surface area contributed by atoms with Gasteiger partial charge in [0.05, 0.1) is 29.8 Å². The molecule has 2 aliphatic carbocycles. The highest BCUT2D eigenvalue weighted by Crippen LogP contribution is 2.45. The molecule has 5 heteroatoms. The van der Waals surface area contributed by atoms with Gasteiger partial charge in [-0.2, -0.15) is 4.99 Å². The first-order chi connectivity index (χ1) is 24.1. The number of anilines is 1. The van der Waals surface area contributed by atoms with Gasteiger partial charge in [-0.3, -0.25) is 4.99 Å². The van der Waals surface area contributed by atoms with Crippen molar-refractivity contribution in [3.05, 3.63) is 157 Å². The molecule has 0 bridgehead atoms. The smallest absolute Gasteiger partial charge is 0.207 e. The number of amidine groups is 1. The van der Waals surface area contributed by atoms with Crippen molar-refractivity contribution in [1.29, 1.82) is 0 Å². The Kier molecular flexibility index (Phi) is 8.18. The number of para-hydroxylation sites is 3. The van der Waals surface area contributed by atoms with Gasteiger partial charge in [-0.25, -0.2) is 0 Å². The van der Waals surface area contributed by atoms with Crippen LogP contribution in [0.2, 0.25) is 0 Å². The van der Waals surface area contributed by atoms with E-state index in [9.17, 15) is 0 Å². The summed E-state index contributed by atoms with van der Waals surface area (Å²) in [7, 11) is 4.19. The average molecular weight is 640 g/mol. The topological polar surface area (TPSA) is 36.1 Å². The number of hydrogen-bond acceptors (Lipinski definition) is 1. The van der Waals surface area contributed by atoms with Crippen molar-refractivity contribution >= 4 is 39.3 Å². The molecule has 5 aromatic rings. The molecule has 4 aromatic carbocycles. The molecule has 3 aliphatic rings. The van der Waals surface area contributed by atoms with Gasteiger partial charge in [0.1, 0.15) is 5.84 Å². The van der Waals surface area contributed by atoms with Crippen LogP contribution in [0.4, 0.5) is 5.69 Å². The van der Waals surface area contributed by atoms with Crippen LogP contribution in [0, 0.1) is 11.8 Å². The SMILES string of the molecule is CC1C=CC=CC1C(=N/CC1=CCC=CC=C1)/N=C(\N(C)C)N1Cc2c(ccc3c4ccccc4n(-c4ccccc4)c23)-c2ccccc21. The predicted octanol–water partition coefficient (Wildman–Crippen LogP) is 9.91. The van der Waals surface area contributed by atoms with Crippen LogP contribution in [0.1, 0.15) is 18.9 Å². The molecule has 0 saturated heterocycles. The van der Waals surface area contributed by atoms with Crippen LogP contribution in [0.15, 0.2) is 161 Å². The normalized spacial score (nSPS) is 18.8. The molecule has 1 aromatic heterocycles. The summed E-state index contributed by atoms with van der Waals surface area (Å²) in [6, 6.07) is 32.9. The number of aromatic nitrogens is 1. The Labute approximate surface area is 288 Å². The Morgan fingerprint density at radius 1 is 0.796 bits per heavy atom. The van der Waals surface area contributed by atoms with E-state index in [1.807, 2.05) is 0 Å². The fourth-order valence-electron chi connectivity index (χ4n) is 7.41. The number of allylic oxidation sites excluding steroid dienone is 7. The lowest BCUT2D eigenvalue weighted by molar-refractivity contribution is 0.595. The van der Waals surface area contributed by atoms with Gasteiger partial charge in [0.15, 0.2) is 0 Å². The van der Waals surface area contributed by atoms with E-state index in [0.717, 1.165) is 29.6 Å². The van der Waals surface area contributed by atoms with Crippen molar-refractivity contribution < 1.29 is 0 Å². The summed E-state index contributed by atoms with van der Waals surface area (Å²) in [5.41, 5.74) is 9.73. The molecule has 0 fully saturated rings. The fraction of sp³-hybridized carbons (Fsp3) is 0.182. The van der Waals surface area contributed by atoms with Crippen LogP contribution < -0.4 is 4.90 Å². The average Bonchev–Trinajstić information content (AvgIpc) is 3.25. The van der Waals surface area contributed by atoms with Crippen LogP contribution in [0.25, 0.3) is 38.6 Å². The molecule has 1 aliphatic heterocycles. The van der Waals surface area contributed by atoms with Crippen molar-refractivity contribution in [2.45, 2.75) is 19.9 Å². The summed E-state index contributed by atoms with van der Waals surface area (Å²) in [5, 5.41) is 2.52. The van der Waals surface area contributed by atoms with Gasteiger partial charge in [-0.05, 0) is 47.7 Å². The Hall–Kier alpha value is -5.68. The fourth-order valence-corrected chi connectivity index (χ4v) is 7.41. The van der Waals surface area contributed by atoms with Crippen molar-refractivity contribution in [2.75, 3.05) is 25.5 Å². The van der Waals surface area contributed by atoms with Gasteiger partial charge >= 0.3 is 0 Å². The number of benzene rings is 4. The maximum absolute atomic E-state index is 5.52. The molecule has 0 spiro atoms. The standard InChI is InChI=1S/C44H41N5/c1-31-17-11-12-22-34(31)43(45-29-32-18-7-4-5-8-19-32)46-44(47(2)3)48-30-39-35(36-23-13-15-25-40(36)48)27-28-38-37-24-14-16-26-41(37)49(42(38)39)33-20-9-6-10-21-33/h4-7,9-28,31,34H,8,29-30H2,1-3H3/b45-43-,46-44+. The second-order valence-electron chi connectivity index (χ2n) is 13.2. The quantitative estimate of drug-likeness (QED) is 0.145. The summed E-state index contributed by atoms with van der Waals surface area (Å²) < 4.78 is 2.44. The first-order valence-electron chi connectivity index (χ1n) is 17.2. The highest BCUT2D eigenvalue weighted by molar-refractivity contribution is 6.14. The highest BCUT2D eigenvalue weighted by atomic mass is 15.4. The van der Waals surface area contributed by atoms with E-state index in [4.69, 9.17) is 9.98 Å². The lowest BCUT2D eigenvalue weighted by atomic mass is 9.89. The Morgan fingerprint density at radius 3 is 2.45 bits per heavy atom. The number of rotatable bonds is 4. The minimum absolute atomic E-state index is 0.0769. The zero-order valence-electron chi connectivity index (χ0n) is 28.4. The van der Waals surface area contributed by atoms with Crippen LogP contribution in [-0.4, -0.2) is 41.9 Å². The van der Waals surface area contributed by atoms with Gasteiger partial charge < -0.3 is 14.4 Å². The van der Waals surface area contributed by atoms with E-state index in [2.05, 4.69) is 181 Å². The largest absolute Gasteiger partial charge is 0.348 e. The number of hydrogen-bond donors (Lipinski definition) is 0. The molecule has 2 atom stereocenters. The molecular weight excluding hydrogens is 599 g/mol. The molecule has 49 heavy (non-hydrogen) atoms. The summed E-state index contributed by atoms with van der Waals surface area (Å²) >= 11 is 0. The van der Waals surface area contributed by atoms with E-state index >= 15 is 0 Å². The molecule has 8 rings (SSSR count). The van der Waals surface area contributed by atoms with Gasteiger partial charge in [-0.15, -0.1) is 0 Å². The minimum atomic E-state index is 0.0769. The number of nitrogens with zero attached hydrogens (tertiary/aromatic N) is 5. The van der Waals surface area contributed by atoms with Crippen LogP contribution in [0.3, 0.4) is 0 Å². The van der Waals surface area contributed by atoms with Gasteiger partial charge in [0.2, 0.25) is 5.96 Å². The third kappa shape index (κ3) is 5.65. The molecule has 5 nitrogen and oxygen atoms in total. The second kappa shape index (κ2) is 13.1. The zero-order chi connectivity index (χ0) is 33.3. The summed E-state index contributed by atoms with van der Waals surface area (Å²) in [4.78, 5) is 15.3. The van der Waals surface area contributed by atoms with Gasteiger partial charge in [-0.1, -0.05) is 128 Å². The van der Waals surface area contributed by atoms with E-state index in [-0.39, 0.29) is 11.8 Å². The Morgan fingerprint density at radius 2 is 1.59 bits per heavy atom. The summed E-state index contributed by atoms with van der Waals surface area (Å²) in [5.74, 6) is 2.08. The van der Waals surface area contributed by atoms with Crippen LogP contribution >= 0.6 is 0 Å². The van der Waals surface area contributed by atoms with Gasteiger partial charge in [0.25, 0.3) is 0 Å². The van der Waals surface area contributed by atoms with Crippen LogP contribution in [0.5, 0.6) is 0 Å². The zero-order valence-corrected chi connectivity index (χ0v) is 28.4. The lowest BCUT2D eigenvalue weighted by Crippen LogP contribution is -2.43. The monoisotopic (exact) mass is 639 g/mol. The first-order valence-corrected chi connectivity index (χ1v) is 17.2. The second-order valence-corrected chi connectivity index (χ2v) is 13.2. The molecular formula is C44H41N5. The third-order valence-electron chi connectivity index (χ3n) is 9.82. The minimum Gasteiger partial charge on any atom is -0.348 e. The van der Waals surface area contributed by atoms with Crippen molar-refractivity contribution in [1.82, 2.24) is 9.47 Å². The molecule has 242 valence electrons. The maximum Gasteiger partial charge on any atom is 0.207 e. The van der Waals surface area contributed by atoms with Crippen molar-refractivity contribution in [2.24, 2.45) is 21.8 Å². The Bertz CT molecular complexity index is 2260. The van der Waals surface area contributed by atoms with Crippen molar-refractivity contribution in [3.8, 4) is 16.8 Å². The molecule has 2 heterocycles. The number of fused-ring (bicyclic) bond motifs is 7. The molecule has 2 unspecified atom stereocenters. The molecule has 0 radical (unpaired) electrons. The van der Waals surface area contributed by atoms with Gasteiger partial charge in [0, 0.05) is 47.6 Å². The Balaban J connectivity index is 1.32. The van der Waals surface area contributed by atoms with E-state index in [0.29, 0.717) is 13.1 Å². The van der Waals surface area contributed by atoms with E-state index in [1.54, 1.807) is 0 Å². The van der Waals surface area contributed by atoms with Crippen molar-refractivity contribution in [3.63, 3.8) is 0 Å². The van der Waals surface area contributed by atoms with Crippen LogP contribution in [-0.2, 0) is 6.54 Å². The molecule has 0 N–H and O–H groups in total. The predicted molar refractivity (Wildman–Crippen MR) is 208 cm³/mol. The molecule has 0 amide bonds. The first kappa shape index (κ1) is 30.6. The summed E-state index contributed by atoms with van der Waals surface area (Å²) in [6.45, 7) is 3.52. The molecule has 0 saturated carbocycles. The lowest BCUT2D eigenvalue weighted by Gasteiger charge is -2.36. The summed E-state index contributed by atoms with van der Waals surface area (Å²) in [6.07, 6.45) is 20.5. The van der Waals surface area contributed by atoms with E-state index in [1.165, 1.54) is 44.1 Å². The maximum atomic E-state index is 5.52. The van der Waals surface area contributed by atoms with E-state index < -0.39 is 0 Å². The third-order valence-corrected chi connectivity index (χ3v) is 9.82. The number of aliphatic imine (C=N–C) groups is 2. The number of guanidine groups is 1.